The van der Waals surface area contributed by atoms with Gasteiger partial charge < -0.3 is 9.47 Å². The van der Waals surface area contributed by atoms with Crippen molar-refractivity contribution in [2.24, 2.45) is 0 Å². The molecule has 0 aliphatic heterocycles. The molecule has 4 rings (SSSR count). The van der Waals surface area contributed by atoms with Gasteiger partial charge in [-0.15, -0.1) is 0 Å². The van der Waals surface area contributed by atoms with Gasteiger partial charge in [0.15, 0.2) is 0 Å². The molecule has 0 N–H and O–H groups in total. The number of ether oxygens (including phenoxy) is 2. The van der Waals surface area contributed by atoms with Gasteiger partial charge in [0.05, 0.1) is 32.0 Å². The Morgan fingerprint density at radius 3 is 1.29 bits per heavy atom. The molecule has 244 valence electrons. The Morgan fingerprint density at radius 2 is 0.933 bits per heavy atom. The number of sulfone groups is 1. The molecular formula is C30H24Br10O4S. The third kappa shape index (κ3) is 9.16. The summed E-state index contributed by atoms with van der Waals surface area (Å²) in [5.74, 6) is 1.16. The van der Waals surface area contributed by atoms with Crippen LogP contribution in [0, 0.1) is 0 Å². The van der Waals surface area contributed by atoms with Gasteiger partial charge in [-0.2, -0.15) is 0 Å². The molecule has 0 fully saturated rings. The molecule has 0 heterocycles. The van der Waals surface area contributed by atoms with E-state index in [-0.39, 0.29) is 9.79 Å². The molecule has 0 amide bonds. The van der Waals surface area contributed by atoms with Crippen LogP contribution in [0.15, 0.2) is 73.0 Å². The maximum absolute atomic E-state index is 14.7. The average molecular weight is 1280 g/mol. The van der Waals surface area contributed by atoms with Gasteiger partial charge >= 0.3 is 0 Å². The standard InChI is InChI=1S/C30H24Br10O4S/c31-13-15(33)3-1-9-43-29-21(39)11-19(37)25-23(7-5-17(35)27(25)29)45(41,42)24-8-6-18(36)28-26(24)20(38)12-22(40)30(28)44-10-2-4-16(34)14-32/h5-8,11-12,15-16H,1-4,9-10,13-14H2. The summed E-state index contributed by atoms with van der Waals surface area (Å²) in [6.07, 6.45) is 3.51. The second-order valence-electron chi connectivity index (χ2n) is 9.92. The van der Waals surface area contributed by atoms with Crippen molar-refractivity contribution >= 4 is 191 Å². The number of alkyl halides is 4. The van der Waals surface area contributed by atoms with E-state index in [0.717, 1.165) is 54.2 Å². The number of halogens is 10. The molecule has 0 saturated heterocycles. The Morgan fingerprint density at radius 1 is 0.556 bits per heavy atom. The van der Waals surface area contributed by atoms with Gasteiger partial charge in [-0.05, 0) is 93.9 Å². The van der Waals surface area contributed by atoms with Crippen LogP contribution >= 0.6 is 159 Å². The summed E-state index contributed by atoms with van der Waals surface area (Å²) in [5.41, 5.74) is 0. The zero-order chi connectivity index (χ0) is 33.1. The summed E-state index contributed by atoms with van der Waals surface area (Å²) in [4.78, 5) is 1.01. The lowest BCUT2D eigenvalue weighted by Crippen LogP contribution is -2.08. The highest BCUT2D eigenvalue weighted by molar-refractivity contribution is 9.13. The van der Waals surface area contributed by atoms with Gasteiger partial charge in [-0.3, -0.25) is 0 Å². The highest BCUT2D eigenvalue weighted by Gasteiger charge is 2.29. The Balaban J connectivity index is 1.86. The first-order chi connectivity index (χ1) is 21.3. The third-order valence-electron chi connectivity index (χ3n) is 6.84. The molecule has 0 aliphatic carbocycles. The summed E-state index contributed by atoms with van der Waals surface area (Å²) in [6.45, 7) is 0.949. The molecule has 0 aromatic heterocycles. The molecule has 2 unspecified atom stereocenters. The van der Waals surface area contributed by atoms with Crippen LogP contribution in [0.3, 0.4) is 0 Å². The molecule has 0 radical (unpaired) electrons. The quantitative estimate of drug-likeness (QED) is 0.0933. The van der Waals surface area contributed by atoms with Crippen molar-refractivity contribution in [1.29, 1.82) is 0 Å². The SMILES string of the molecule is O=S(=O)(c1ccc(Br)c2c(OCCCC(Br)CBr)c(Br)cc(Br)c12)c1ccc(Br)c2c(OCCCC(Br)CBr)c(Br)cc(Br)c12. The fourth-order valence-corrected chi connectivity index (χ4v) is 12.0. The predicted molar refractivity (Wildman–Crippen MR) is 222 cm³/mol. The van der Waals surface area contributed by atoms with Gasteiger partial charge in [0, 0.05) is 59.8 Å². The van der Waals surface area contributed by atoms with E-state index in [2.05, 4.69) is 159 Å². The normalized spacial score (nSPS) is 13.4. The minimum absolute atomic E-state index is 0.156. The molecule has 0 aliphatic rings. The lowest BCUT2D eigenvalue weighted by molar-refractivity contribution is 0.309. The van der Waals surface area contributed by atoms with Crippen LogP contribution in [0.5, 0.6) is 11.5 Å². The fraction of sp³-hybridized carbons (Fsp3) is 0.333. The molecular weight excluding hydrogens is 1260 g/mol. The number of hydrogen-bond acceptors (Lipinski definition) is 4. The minimum Gasteiger partial charge on any atom is -0.492 e. The topological polar surface area (TPSA) is 52.6 Å². The van der Waals surface area contributed by atoms with E-state index in [4.69, 9.17) is 9.47 Å². The molecule has 0 bridgehead atoms. The molecule has 15 heteroatoms. The molecule has 45 heavy (non-hydrogen) atoms. The Hall–Kier alpha value is 1.75. The Bertz CT molecular complexity index is 1690. The molecule has 4 aromatic rings. The second-order valence-corrected chi connectivity index (χ2v) is 20.8. The third-order valence-corrected chi connectivity index (χ3v) is 17.3. The van der Waals surface area contributed by atoms with E-state index < -0.39 is 9.84 Å². The molecule has 0 spiro atoms. The number of fused-ring (bicyclic) bond motifs is 2. The highest BCUT2D eigenvalue weighted by Crippen LogP contribution is 2.49. The van der Waals surface area contributed by atoms with Crippen molar-refractivity contribution in [1.82, 2.24) is 0 Å². The van der Waals surface area contributed by atoms with Crippen LogP contribution in [0.2, 0.25) is 0 Å². The second kappa shape index (κ2) is 17.8. The maximum atomic E-state index is 14.7. The maximum Gasteiger partial charge on any atom is 0.207 e. The van der Waals surface area contributed by atoms with Crippen LogP contribution in [-0.4, -0.2) is 41.9 Å². The molecule has 4 nitrogen and oxygen atoms in total. The van der Waals surface area contributed by atoms with E-state index in [1.165, 1.54) is 0 Å². The van der Waals surface area contributed by atoms with Crippen molar-refractivity contribution in [3.63, 3.8) is 0 Å². The van der Waals surface area contributed by atoms with Crippen molar-refractivity contribution < 1.29 is 17.9 Å². The monoisotopic (exact) mass is 1270 g/mol. The van der Waals surface area contributed by atoms with Crippen molar-refractivity contribution in [2.45, 2.75) is 45.1 Å². The summed E-state index contributed by atoms with van der Waals surface area (Å²) in [7, 11) is -4.08. The Kier molecular flexibility index (Phi) is 15.6. The molecule has 0 saturated carbocycles. The average Bonchev–Trinajstić information content (AvgIpc) is 2.99. The number of benzene rings is 4. The molecule has 4 aromatic carbocycles. The number of rotatable bonds is 14. The van der Waals surface area contributed by atoms with E-state index >= 15 is 0 Å². The minimum atomic E-state index is -4.08. The Labute approximate surface area is 347 Å². The number of hydrogen-bond donors (Lipinski definition) is 0. The van der Waals surface area contributed by atoms with E-state index in [1.54, 1.807) is 24.3 Å². The van der Waals surface area contributed by atoms with Gasteiger partial charge in [0.2, 0.25) is 9.84 Å². The van der Waals surface area contributed by atoms with Crippen molar-refractivity contribution in [3.8, 4) is 11.5 Å². The lowest BCUT2D eigenvalue weighted by atomic mass is 10.1. The highest BCUT2D eigenvalue weighted by atomic mass is 79.9. The van der Waals surface area contributed by atoms with Crippen LogP contribution in [0.4, 0.5) is 0 Å². The van der Waals surface area contributed by atoms with Crippen molar-refractivity contribution in [2.75, 3.05) is 23.9 Å². The van der Waals surface area contributed by atoms with E-state index in [0.29, 0.717) is 64.9 Å². The summed E-state index contributed by atoms with van der Waals surface area (Å²) < 4.78 is 46.1. The first-order valence-corrected chi connectivity index (χ1v) is 23.8. The first kappa shape index (κ1) is 39.5. The molecule has 2 atom stereocenters. The van der Waals surface area contributed by atoms with E-state index in [1.807, 2.05) is 12.1 Å². The van der Waals surface area contributed by atoms with Crippen LogP contribution in [0.1, 0.15) is 25.7 Å². The summed E-state index contributed by atoms with van der Waals surface area (Å²) >= 11 is 36.2. The smallest absolute Gasteiger partial charge is 0.207 e. The zero-order valence-corrected chi connectivity index (χ0v) is 39.8. The van der Waals surface area contributed by atoms with Crippen molar-refractivity contribution in [3.05, 3.63) is 63.2 Å². The first-order valence-electron chi connectivity index (χ1n) is 13.4. The van der Waals surface area contributed by atoms with Crippen LogP contribution in [0.25, 0.3) is 21.5 Å². The summed E-state index contributed by atoms with van der Waals surface area (Å²) in [5, 5.41) is 4.08. The van der Waals surface area contributed by atoms with Gasteiger partial charge in [-0.25, -0.2) is 8.42 Å². The van der Waals surface area contributed by atoms with Gasteiger partial charge in [0.1, 0.15) is 11.5 Å². The van der Waals surface area contributed by atoms with Gasteiger partial charge in [0.25, 0.3) is 0 Å². The fourth-order valence-electron chi connectivity index (χ4n) is 4.73. The largest absolute Gasteiger partial charge is 0.492 e. The lowest BCUT2D eigenvalue weighted by Gasteiger charge is -2.19. The zero-order valence-electron chi connectivity index (χ0n) is 23.1. The van der Waals surface area contributed by atoms with Crippen LogP contribution in [-0.2, 0) is 9.84 Å². The summed E-state index contributed by atoms with van der Waals surface area (Å²) in [6, 6.07) is 10.4. The van der Waals surface area contributed by atoms with Crippen LogP contribution < -0.4 is 9.47 Å². The van der Waals surface area contributed by atoms with Gasteiger partial charge in [-0.1, -0.05) is 127 Å². The predicted octanol–water partition coefficient (Wildman–Crippen LogP) is 14.0. The van der Waals surface area contributed by atoms with E-state index in [9.17, 15) is 8.42 Å².